The second-order valence-electron chi connectivity index (χ2n) is 7.65. The van der Waals surface area contributed by atoms with E-state index in [0.717, 1.165) is 50.5 Å². The van der Waals surface area contributed by atoms with E-state index in [0.29, 0.717) is 18.2 Å². The predicted molar refractivity (Wildman–Crippen MR) is 116 cm³/mol. The monoisotopic (exact) mass is 415 g/mol. The first-order chi connectivity index (χ1) is 14.5. The average Bonchev–Trinajstić information content (AvgIpc) is 2.76. The van der Waals surface area contributed by atoms with Gasteiger partial charge in [-0.15, -0.1) is 0 Å². The van der Waals surface area contributed by atoms with Gasteiger partial charge in [-0.3, -0.25) is 0 Å². The topological polar surface area (TPSA) is 54.0 Å². The zero-order valence-electron chi connectivity index (χ0n) is 17.6. The number of benzene rings is 2. The lowest BCUT2D eigenvalue weighted by atomic mass is 9.96. The molecule has 3 rings (SSSR count). The van der Waals surface area contributed by atoms with Gasteiger partial charge in [-0.25, -0.2) is 9.18 Å². The molecule has 0 radical (unpaired) electrons. The molecule has 0 unspecified atom stereocenters. The molecule has 0 bridgehead atoms. The van der Waals surface area contributed by atoms with E-state index < -0.39 is 0 Å². The first-order valence-corrected chi connectivity index (χ1v) is 10.3. The highest BCUT2D eigenvalue weighted by Crippen LogP contribution is 2.20. The third-order valence-corrected chi connectivity index (χ3v) is 5.37. The van der Waals surface area contributed by atoms with Gasteiger partial charge in [0.25, 0.3) is 0 Å². The molecule has 1 heterocycles. The molecule has 0 aliphatic carbocycles. The lowest BCUT2D eigenvalue weighted by molar-refractivity contribution is 0.155. The number of hydrogen-bond donors (Lipinski definition) is 1. The SMILES string of the molecule is COc1ccc(OCCN(C)CC2CCN(C(=O)Nc3ccc(F)cc3)CC2)cc1. The van der Waals surface area contributed by atoms with Crippen molar-refractivity contribution >= 4 is 11.7 Å². The van der Waals surface area contributed by atoms with Crippen LogP contribution in [0.3, 0.4) is 0 Å². The number of anilines is 1. The summed E-state index contributed by atoms with van der Waals surface area (Å²) in [6, 6.07) is 13.3. The summed E-state index contributed by atoms with van der Waals surface area (Å²) in [5, 5.41) is 2.83. The molecule has 162 valence electrons. The summed E-state index contributed by atoms with van der Waals surface area (Å²) in [6.45, 7) is 3.92. The van der Waals surface area contributed by atoms with Gasteiger partial charge in [0.05, 0.1) is 7.11 Å². The highest BCUT2D eigenvalue weighted by atomic mass is 19.1. The number of hydrogen-bond acceptors (Lipinski definition) is 4. The number of rotatable bonds is 8. The second-order valence-corrected chi connectivity index (χ2v) is 7.65. The Kier molecular flexibility index (Phi) is 7.90. The molecular weight excluding hydrogens is 385 g/mol. The van der Waals surface area contributed by atoms with Crippen LogP contribution in [0.1, 0.15) is 12.8 Å². The minimum atomic E-state index is -0.313. The van der Waals surface area contributed by atoms with Gasteiger partial charge in [-0.2, -0.15) is 0 Å². The van der Waals surface area contributed by atoms with E-state index in [4.69, 9.17) is 9.47 Å². The molecule has 2 aromatic carbocycles. The number of likely N-dealkylation sites (N-methyl/N-ethyl adjacent to an activating group) is 1. The van der Waals surface area contributed by atoms with Crippen molar-refractivity contribution in [1.29, 1.82) is 0 Å². The minimum Gasteiger partial charge on any atom is -0.497 e. The molecular formula is C23H30FN3O3. The van der Waals surface area contributed by atoms with Crippen molar-refractivity contribution in [2.45, 2.75) is 12.8 Å². The van der Waals surface area contributed by atoms with Crippen LogP contribution in [0.5, 0.6) is 11.5 Å². The Bertz CT molecular complexity index is 790. The van der Waals surface area contributed by atoms with Crippen LogP contribution in [0.25, 0.3) is 0 Å². The molecule has 1 fully saturated rings. The highest BCUT2D eigenvalue weighted by molar-refractivity contribution is 5.89. The van der Waals surface area contributed by atoms with Gasteiger partial charge in [0.2, 0.25) is 0 Å². The molecule has 7 heteroatoms. The Morgan fingerprint density at radius 1 is 1.10 bits per heavy atom. The van der Waals surface area contributed by atoms with Gasteiger partial charge < -0.3 is 24.6 Å². The maximum Gasteiger partial charge on any atom is 0.321 e. The van der Waals surface area contributed by atoms with Gasteiger partial charge in [0.15, 0.2) is 0 Å². The van der Waals surface area contributed by atoms with E-state index >= 15 is 0 Å². The molecule has 2 amide bonds. The number of nitrogens with zero attached hydrogens (tertiary/aromatic N) is 2. The van der Waals surface area contributed by atoms with Crippen LogP contribution in [0.15, 0.2) is 48.5 Å². The number of carbonyl (C=O) groups excluding carboxylic acids is 1. The van der Waals surface area contributed by atoms with Crippen LogP contribution in [0.2, 0.25) is 0 Å². The van der Waals surface area contributed by atoms with E-state index in [2.05, 4.69) is 17.3 Å². The normalized spacial score (nSPS) is 14.6. The Labute approximate surface area is 177 Å². The van der Waals surface area contributed by atoms with Crippen molar-refractivity contribution < 1.29 is 18.7 Å². The number of amides is 2. The van der Waals surface area contributed by atoms with Crippen molar-refractivity contribution in [2.24, 2.45) is 5.92 Å². The zero-order chi connectivity index (χ0) is 21.3. The lowest BCUT2D eigenvalue weighted by Crippen LogP contribution is -2.43. The molecule has 1 aliphatic heterocycles. The maximum absolute atomic E-state index is 13.0. The average molecular weight is 416 g/mol. The van der Waals surface area contributed by atoms with E-state index in [1.54, 1.807) is 19.2 Å². The summed E-state index contributed by atoms with van der Waals surface area (Å²) in [6.07, 6.45) is 1.95. The number of halogens is 1. The second kappa shape index (κ2) is 10.8. The van der Waals surface area contributed by atoms with E-state index in [-0.39, 0.29) is 11.8 Å². The summed E-state index contributed by atoms with van der Waals surface area (Å²) in [7, 11) is 3.75. The molecule has 2 aromatic rings. The molecule has 1 aliphatic rings. The fourth-order valence-corrected chi connectivity index (χ4v) is 3.58. The number of ether oxygens (including phenoxy) is 2. The first-order valence-electron chi connectivity index (χ1n) is 10.3. The molecule has 0 aromatic heterocycles. The molecule has 30 heavy (non-hydrogen) atoms. The van der Waals surface area contributed by atoms with Crippen LogP contribution in [-0.4, -0.2) is 62.8 Å². The van der Waals surface area contributed by atoms with Gasteiger partial charge in [0, 0.05) is 31.9 Å². The van der Waals surface area contributed by atoms with Crippen molar-refractivity contribution in [1.82, 2.24) is 9.80 Å². The quantitative estimate of drug-likeness (QED) is 0.706. The summed E-state index contributed by atoms with van der Waals surface area (Å²) >= 11 is 0. The zero-order valence-corrected chi connectivity index (χ0v) is 17.6. The fourth-order valence-electron chi connectivity index (χ4n) is 3.58. The van der Waals surface area contributed by atoms with Gasteiger partial charge in [-0.05, 0) is 74.3 Å². The molecule has 6 nitrogen and oxygen atoms in total. The summed E-state index contributed by atoms with van der Waals surface area (Å²) in [4.78, 5) is 16.5. The van der Waals surface area contributed by atoms with Crippen LogP contribution in [0, 0.1) is 11.7 Å². The smallest absolute Gasteiger partial charge is 0.321 e. The number of carbonyl (C=O) groups is 1. The van der Waals surface area contributed by atoms with Crippen LogP contribution < -0.4 is 14.8 Å². The van der Waals surface area contributed by atoms with E-state index in [1.807, 2.05) is 29.2 Å². The van der Waals surface area contributed by atoms with E-state index in [1.165, 1.54) is 12.1 Å². The third kappa shape index (κ3) is 6.62. The van der Waals surface area contributed by atoms with Gasteiger partial charge in [-0.1, -0.05) is 0 Å². The summed E-state index contributed by atoms with van der Waals surface area (Å²) < 4.78 is 23.9. The first kappa shape index (κ1) is 21.9. The molecule has 0 atom stereocenters. The predicted octanol–water partition coefficient (Wildman–Crippen LogP) is 4.09. The Morgan fingerprint density at radius 2 is 1.73 bits per heavy atom. The molecule has 1 saturated heterocycles. The van der Waals surface area contributed by atoms with Crippen LogP contribution >= 0.6 is 0 Å². The molecule has 0 spiro atoms. The van der Waals surface area contributed by atoms with Crippen molar-refractivity contribution in [2.75, 3.05) is 52.3 Å². The van der Waals surface area contributed by atoms with Gasteiger partial charge in [0.1, 0.15) is 23.9 Å². The van der Waals surface area contributed by atoms with Gasteiger partial charge >= 0.3 is 6.03 Å². The summed E-state index contributed by atoms with van der Waals surface area (Å²) in [5.74, 6) is 1.90. The molecule has 0 saturated carbocycles. The number of methoxy groups -OCH3 is 1. The number of nitrogens with one attached hydrogen (secondary N) is 1. The summed E-state index contributed by atoms with van der Waals surface area (Å²) in [5.41, 5.74) is 0.611. The standard InChI is InChI=1S/C23H30FN3O3/c1-26(15-16-30-22-9-7-21(29-2)8-10-22)17-18-11-13-27(14-12-18)23(28)25-20-5-3-19(24)4-6-20/h3-10,18H,11-17H2,1-2H3,(H,25,28). The van der Waals surface area contributed by atoms with Crippen molar-refractivity contribution in [3.8, 4) is 11.5 Å². The molecule has 1 N–H and O–H groups in total. The van der Waals surface area contributed by atoms with Crippen LogP contribution in [0.4, 0.5) is 14.9 Å². The fraction of sp³-hybridized carbons (Fsp3) is 0.435. The number of likely N-dealkylation sites (tertiary alicyclic amines) is 1. The van der Waals surface area contributed by atoms with E-state index in [9.17, 15) is 9.18 Å². The number of piperidine rings is 1. The maximum atomic E-state index is 13.0. The Balaban J connectivity index is 1.33. The lowest BCUT2D eigenvalue weighted by Gasteiger charge is -2.34. The van der Waals surface area contributed by atoms with Crippen molar-refractivity contribution in [3.63, 3.8) is 0 Å². The Morgan fingerprint density at radius 3 is 2.37 bits per heavy atom. The number of urea groups is 1. The van der Waals surface area contributed by atoms with Crippen LogP contribution in [-0.2, 0) is 0 Å². The van der Waals surface area contributed by atoms with Crippen molar-refractivity contribution in [3.05, 3.63) is 54.3 Å². The largest absolute Gasteiger partial charge is 0.497 e. The Hall–Kier alpha value is -2.80. The third-order valence-electron chi connectivity index (χ3n) is 5.37. The highest BCUT2D eigenvalue weighted by Gasteiger charge is 2.23. The minimum absolute atomic E-state index is 0.124.